The predicted molar refractivity (Wildman–Crippen MR) is 169 cm³/mol. The van der Waals surface area contributed by atoms with Crippen molar-refractivity contribution in [1.82, 2.24) is 15.6 Å². The second-order valence-electron chi connectivity index (χ2n) is 9.09. The first-order valence-electron chi connectivity index (χ1n) is 13.8. The third-order valence-corrected chi connectivity index (χ3v) is 6.80. The number of carbonyl (C=O) groups excluding carboxylic acids is 2. The van der Waals surface area contributed by atoms with Crippen molar-refractivity contribution in [3.05, 3.63) is 101 Å². The van der Waals surface area contributed by atoms with Crippen LogP contribution >= 0.6 is 11.3 Å². The van der Waals surface area contributed by atoms with Crippen molar-refractivity contribution < 1.29 is 28.5 Å². The third-order valence-electron chi connectivity index (χ3n) is 5.96. The van der Waals surface area contributed by atoms with Crippen LogP contribution in [0, 0.1) is 0 Å². The lowest BCUT2D eigenvalue weighted by Gasteiger charge is -2.14. The summed E-state index contributed by atoms with van der Waals surface area (Å²) in [6, 6.07) is 19.8. The number of para-hydroxylation sites is 1. The van der Waals surface area contributed by atoms with E-state index in [2.05, 4.69) is 32.6 Å². The number of allylic oxidation sites excluding steroid dienone is 1. The van der Waals surface area contributed by atoms with E-state index in [0.717, 1.165) is 29.1 Å². The molecule has 4 rings (SSSR count). The van der Waals surface area contributed by atoms with Crippen LogP contribution in [0.5, 0.6) is 23.0 Å². The summed E-state index contributed by atoms with van der Waals surface area (Å²) in [5, 5.41) is 15.3. The van der Waals surface area contributed by atoms with E-state index >= 15 is 0 Å². The van der Waals surface area contributed by atoms with Gasteiger partial charge in [-0.1, -0.05) is 35.6 Å². The number of aromatic nitrogens is 2. The summed E-state index contributed by atoms with van der Waals surface area (Å²) < 4.78 is 22.6. The van der Waals surface area contributed by atoms with E-state index in [1.165, 1.54) is 6.21 Å². The molecule has 4 aromatic rings. The molecule has 228 valence electrons. The Kier molecular flexibility index (Phi) is 11.8. The molecule has 11 nitrogen and oxygen atoms in total. The molecule has 0 unspecified atom stereocenters. The Morgan fingerprint density at radius 1 is 0.955 bits per heavy atom. The van der Waals surface area contributed by atoms with Gasteiger partial charge in [-0.3, -0.25) is 14.9 Å². The van der Waals surface area contributed by atoms with Gasteiger partial charge in [-0.05, 0) is 73.0 Å². The summed E-state index contributed by atoms with van der Waals surface area (Å²) in [5.74, 6) is 1.84. The van der Waals surface area contributed by atoms with Gasteiger partial charge in [0, 0.05) is 5.56 Å². The van der Waals surface area contributed by atoms with Crippen molar-refractivity contribution in [2.45, 2.75) is 19.8 Å². The SMILES string of the molecule is C=CCc1ccccc1OCCOc1ccc(/C=N/NC(=O)Cc2nnc(NC(=O)c3ccc(OC)cc3)s2)cc1OCC. The Morgan fingerprint density at radius 3 is 2.48 bits per heavy atom. The molecule has 0 radical (unpaired) electrons. The van der Waals surface area contributed by atoms with E-state index in [-0.39, 0.29) is 23.4 Å². The van der Waals surface area contributed by atoms with Gasteiger partial charge in [0.1, 0.15) is 29.7 Å². The number of benzene rings is 3. The van der Waals surface area contributed by atoms with E-state index in [0.29, 0.717) is 53.2 Å². The normalized spacial score (nSPS) is 10.7. The third kappa shape index (κ3) is 9.39. The van der Waals surface area contributed by atoms with Gasteiger partial charge in [-0.25, -0.2) is 5.43 Å². The zero-order valence-corrected chi connectivity index (χ0v) is 25.3. The number of amides is 2. The molecule has 0 saturated heterocycles. The topological polar surface area (TPSA) is 133 Å². The average Bonchev–Trinajstić information content (AvgIpc) is 3.47. The summed E-state index contributed by atoms with van der Waals surface area (Å²) in [6.07, 6.45) is 4.02. The number of hydrogen-bond donors (Lipinski definition) is 2. The molecule has 0 fully saturated rings. The summed E-state index contributed by atoms with van der Waals surface area (Å²) in [5.41, 5.74) is 4.69. The Balaban J connectivity index is 1.25. The number of hydrogen-bond acceptors (Lipinski definition) is 10. The van der Waals surface area contributed by atoms with Crippen molar-refractivity contribution in [2.75, 3.05) is 32.2 Å². The van der Waals surface area contributed by atoms with Crippen LogP contribution in [0.3, 0.4) is 0 Å². The molecule has 2 N–H and O–H groups in total. The highest BCUT2D eigenvalue weighted by atomic mass is 32.1. The summed E-state index contributed by atoms with van der Waals surface area (Å²) >= 11 is 1.11. The van der Waals surface area contributed by atoms with Crippen LogP contribution in [-0.2, 0) is 17.6 Å². The van der Waals surface area contributed by atoms with Crippen molar-refractivity contribution in [3.8, 4) is 23.0 Å². The van der Waals surface area contributed by atoms with E-state index in [1.807, 2.05) is 37.3 Å². The lowest BCUT2D eigenvalue weighted by atomic mass is 10.1. The lowest BCUT2D eigenvalue weighted by molar-refractivity contribution is -0.120. The van der Waals surface area contributed by atoms with E-state index in [9.17, 15) is 9.59 Å². The molecule has 0 atom stereocenters. The standard InChI is InChI=1S/C32H33N5O6S/c1-4-8-23-9-6-7-10-26(23)42-17-18-43-27-16-11-22(19-28(27)41-5-2)21-33-35-29(38)20-30-36-37-32(44-30)34-31(39)24-12-14-25(40-3)15-13-24/h4,6-7,9-16,19,21H,1,5,8,17-18,20H2,2-3H3,(H,35,38)(H,34,37,39)/b33-21+. The molecule has 12 heteroatoms. The largest absolute Gasteiger partial charge is 0.497 e. The monoisotopic (exact) mass is 615 g/mol. The van der Waals surface area contributed by atoms with E-state index in [1.54, 1.807) is 49.6 Å². The van der Waals surface area contributed by atoms with Crippen molar-refractivity contribution in [3.63, 3.8) is 0 Å². The second kappa shape index (κ2) is 16.4. The minimum Gasteiger partial charge on any atom is -0.497 e. The van der Waals surface area contributed by atoms with Crippen molar-refractivity contribution in [2.24, 2.45) is 5.10 Å². The van der Waals surface area contributed by atoms with Gasteiger partial charge in [-0.2, -0.15) is 5.10 Å². The first kappa shape index (κ1) is 31.7. The van der Waals surface area contributed by atoms with Gasteiger partial charge in [0.25, 0.3) is 5.91 Å². The number of anilines is 1. The van der Waals surface area contributed by atoms with Crippen LogP contribution in [0.25, 0.3) is 0 Å². The van der Waals surface area contributed by atoms with Gasteiger partial charge >= 0.3 is 0 Å². The molecule has 0 saturated carbocycles. The van der Waals surface area contributed by atoms with Gasteiger partial charge in [0.2, 0.25) is 11.0 Å². The Bertz CT molecular complexity index is 1590. The molecule has 0 aliphatic heterocycles. The second-order valence-corrected chi connectivity index (χ2v) is 10.2. The van der Waals surface area contributed by atoms with Crippen molar-refractivity contribution in [1.29, 1.82) is 0 Å². The first-order chi connectivity index (χ1) is 21.5. The molecular formula is C32H33N5O6S. The fourth-order valence-electron chi connectivity index (χ4n) is 3.91. The van der Waals surface area contributed by atoms with Gasteiger partial charge < -0.3 is 18.9 Å². The minimum absolute atomic E-state index is 0.0511. The molecule has 0 bridgehead atoms. The van der Waals surface area contributed by atoms with E-state index < -0.39 is 0 Å². The lowest BCUT2D eigenvalue weighted by Crippen LogP contribution is -2.19. The molecule has 0 spiro atoms. The zero-order valence-electron chi connectivity index (χ0n) is 24.4. The number of carbonyl (C=O) groups is 2. The van der Waals surface area contributed by atoms with Gasteiger partial charge in [0.15, 0.2) is 11.5 Å². The smallest absolute Gasteiger partial charge is 0.257 e. The Labute approximate surface area is 259 Å². The number of methoxy groups -OCH3 is 1. The molecule has 1 heterocycles. The van der Waals surface area contributed by atoms with Crippen molar-refractivity contribution >= 4 is 34.5 Å². The highest BCUT2D eigenvalue weighted by Gasteiger charge is 2.13. The highest BCUT2D eigenvalue weighted by Crippen LogP contribution is 2.28. The maximum absolute atomic E-state index is 12.4. The number of ether oxygens (including phenoxy) is 4. The number of rotatable bonds is 16. The Hall–Kier alpha value is -5.23. The quantitative estimate of drug-likeness (QED) is 0.0772. The molecule has 0 aliphatic rings. The molecular weight excluding hydrogens is 582 g/mol. The number of hydrazone groups is 1. The van der Waals surface area contributed by atoms with Crippen LogP contribution < -0.4 is 29.7 Å². The van der Waals surface area contributed by atoms with Gasteiger partial charge in [-0.15, -0.1) is 16.8 Å². The zero-order chi connectivity index (χ0) is 31.1. The predicted octanol–water partition coefficient (Wildman–Crippen LogP) is 5.08. The summed E-state index contributed by atoms with van der Waals surface area (Å²) in [6.45, 7) is 6.81. The van der Waals surface area contributed by atoms with Crippen LogP contribution in [0.1, 0.15) is 33.4 Å². The molecule has 0 aliphatic carbocycles. The van der Waals surface area contributed by atoms with Crippen LogP contribution in [0.15, 0.2) is 84.5 Å². The van der Waals surface area contributed by atoms with Crippen LogP contribution in [0.4, 0.5) is 5.13 Å². The summed E-state index contributed by atoms with van der Waals surface area (Å²) in [4.78, 5) is 24.8. The van der Waals surface area contributed by atoms with E-state index in [4.69, 9.17) is 18.9 Å². The number of nitrogens with one attached hydrogen (secondary N) is 2. The number of nitrogens with zero attached hydrogens (tertiary/aromatic N) is 3. The fraction of sp³-hybridized carbons (Fsp3) is 0.219. The highest BCUT2D eigenvalue weighted by molar-refractivity contribution is 7.15. The molecule has 2 amide bonds. The maximum atomic E-state index is 12.4. The van der Waals surface area contributed by atoms with Gasteiger partial charge in [0.05, 0.1) is 26.4 Å². The maximum Gasteiger partial charge on any atom is 0.257 e. The average molecular weight is 616 g/mol. The Morgan fingerprint density at radius 2 is 1.73 bits per heavy atom. The summed E-state index contributed by atoms with van der Waals surface area (Å²) in [7, 11) is 1.55. The minimum atomic E-state index is -0.384. The fourth-order valence-corrected chi connectivity index (χ4v) is 4.64. The van der Waals surface area contributed by atoms with Crippen LogP contribution in [0.2, 0.25) is 0 Å². The van der Waals surface area contributed by atoms with Crippen LogP contribution in [-0.4, -0.2) is 55.2 Å². The molecule has 1 aromatic heterocycles. The first-order valence-corrected chi connectivity index (χ1v) is 14.6. The molecule has 44 heavy (non-hydrogen) atoms. The molecule has 3 aromatic carbocycles.